The summed E-state index contributed by atoms with van der Waals surface area (Å²) in [5.74, 6) is -1.62. The van der Waals surface area contributed by atoms with Crippen molar-refractivity contribution in [1.29, 1.82) is 0 Å². The molecule has 9 heteroatoms. The molecule has 0 radical (unpaired) electrons. The van der Waals surface area contributed by atoms with Crippen molar-refractivity contribution in [2.45, 2.75) is 79.5 Å². The van der Waals surface area contributed by atoms with Gasteiger partial charge in [0.05, 0.1) is 13.0 Å². The van der Waals surface area contributed by atoms with Crippen molar-refractivity contribution in [3.63, 3.8) is 0 Å². The number of hydrogen-bond acceptors (Lipinski definition) is 6. The van der Waals surface area contributed by atoms with Crippen molar-refractivity contribution >= 4 is 23.9 Å². The number of nitrogens with zero attached hydrogens (tertiary/aromatic N) is 1. The number of nitrogens with one attached hydrogen (secondary N) is 2. The minimum atomic E-state index is -1.02. The standard InChI is InChI=1S/C28H43N3O6/c1-10-16-31(26(34)23(18(3)4)30-27(35)37-28(7,8)9)24(21-13-12-19(5)17-20(21)6)25(33)29-15-14-22(32)36-11-2/h10,12-13,17-18,23-24H,1,11,14-16H2,2-9H3,(H,29,33)(H,30,35). The van der Waals surface area contributed by atoms with Gasteiger partial charge in [0.25, 0.3) is 0 Å². The highest BCUT2D eigenvalue weighted by Gasteiger charge is 2.37. The monoisotopic (exact) mass is 517 g/mol. The molecule has 0 heterocycles. The molecule has 0 aliphatic heterocycles. The van der Waals surface area contributed by atoms with Crippen LogP contribution in [0.2, 0.25) is 0 Å². The normalized spacial score (nSPS) is 12.8. The molecule has 2 unspecified atom stereocenters. The summed E-state index contributed by atoms with van der Waals surface area (Å²) in [4.78, 5) is 53.1. The Morgan fingerprint density at radius 1 is 1.14 bits per heavy atom. The van der Waals surface area contributed by atoms with Crippen molar-refractivity contribution in [2.24, 2.45) is 5.92 Å². The number of hydrogen-bond donors (Lipinski definition) is 2. The Balaban J connectivity index is 3.40. The van der Waals surface area contributed by atoms with Gasteiger partial charge in [0.1, 0.15) is 17.7 Å². The number of aryl methyl sites for hydroxylation is 2. The van der Waals surface area contributed by atoms with Gasteiger partial charge in [-0.3, -0.25) is 14.4 Å². The molecule has 37 heavy (non-hydrogen) atoms. The van der Waals surface area contributed by atoms with E-state index in [1.54, 1.807) is 41.5 Å². The number of rotatable bonds is 12. The first kappa shape index (κ1) is 31.7. The molecular formula is C28H43N3O6. The van der Waals surface area contributed by atoms with Crippen molar-refractivity contribution in [1.82, 2.24) is 15.5 Å². The fraction of sp³-hybridized carbons (Fsp3) is 0.571. The molecule has 0 aromatic heterocycles. The Labute approximate surface area is 221 Å². The fourth-order valence-corrected chi connectivity index (χ4v) is 3.79. The lowest BCUT2D eigenvalue weighted by Gasteiger charge is -2.35. The van der Waals surface area contributed by atoms with E-state index in [2.05, 4.69) is 17.2 Å². The predicted octanol–water partition coefficient (Wildman–Crippen LogP) is 3.98. The van der Waals surface area contributed by atoms with Crippen LogP contribution in [0, 0.1) is 19.8 Å². The van der Waals surface area contributed by atoms with Crippen LogP contribution in [0.5, 0.6) is 0 Å². The number of alkyl carbamates (subject to hydrolysis) is 1. The lowest BCUT2D eigenvalue weighted by Crippen LogP contribution is -2.55. The van der Waals surface area contributed by atoms with E-state index in [4.69, 9.17) is 9.47 Å². The molecule has 1 rings (SSSR count). The number of carbonyl (C=O) groups is 4. The Morgan fingerprint density at radius 2 is 1.78 bits per heavy atom. The van der Waals surface area contributed by atoms with Crippen LogP contribution in [0.3, 0.4) is 0 Å². The Hall–Kier alpha value is -3.36. The van der Waals surface area contributed by atoms with Gasteiger partial charge in [0, 0.05) is 13.1 Å². The average molecular weight is 518 g/mol. The molecule has 1 aromatic rings. The summed E-state index contributed by atoms with van der Waals surface area (Å²) >= 11 is 0. The zero-order chi connectivity index (χ0) is 28.3. The highest BCUT2D eigenvalue weighted by atomic mass is 16.6. The van der Waals surface area contributed by atoms with Crippen molar-refractivity contribution in [3.8, 4) is 0 Å². The molecule has 3 amide bonds. The van der Waals surface area contributed by atoms with Crippen LogP contribution in [0.4, 0.5) is 4.79 Å². The predicted molar refractivity (Wildman–Crippen MR) is 143 cm³/mol. The lowest BCUT2D eigenvalue weighted by molar-refractivity contribution is -0.144. The first-order chi connectivity index (χ1) is 17.2. The summed E-state index contributed by atoms with van der Waals surface area (Å²) in [7, 11) is 0. The van der Waals surface area contributed by atoms with E-state index in [1.165, 1.54) is 11.0 Å². The first-order valence-electron chi connectivity index (χ1n) is 12.6. The largest absolute Gasteiger partial charge is 0.466 e. The van der Waals surface area contributed by atoms with E-state index < -0.39 is 41.6 Å². The van der Waals surface area contributed by atoms with Crippen LogP contribution < -0.4 is 10.6 Å². The fourth-order valence-electron chi connectivity index (χ4n) is 3.79. The molecule has 0 aliphatic rings. The minimum Gasteiger partial charge on any atom is -0.466 e. The topological polar surface area (TPSA) is 114 Å². The van der Waals surface area contributed by atoms with E-state index in [0.29, 0.717) is 5.56 Å². The van der Waals surface area contributed by atoms with Gasteiger partial charge in [-0.15, -0.1) is 6.58 Å². The van der Waals surface area contributed by atoms with E-state index in [9.17, 15) is 19.2 Å². The van der Waals surface area contributed by atoms with Crippen molar-refractivity contribution in [2.75, 3.05) is 19.7 Å². The summed E-state index contributed by atoms with van der Waals surface area (Å²) in [5.41, 5.74) is 1.73. The molecule has 0 fully saturated rings. The molecule has 1 aromatic carbocycles. The molecule has 0 bridgehead atoms. The maximum absolute atomic E-state index is 13.9. The molecule has 2 N–H and O–H groups in total. The van der Waals surface area contributed by atoms with E-state index >= 15 is 0 Å². The molecule has 0 aliphatic carbocycles. The van der Waals surface area contributed by atoms with E-state index in [0.717, 1.165) is 11.1 Å². The summed E-state index contributed by atoms with van der Waals surface area (Å²) in [6.07, 6.45) is 0.814. The van der Waals surface area contributed by atoms with Gasteiger partial charge in [-0.1, -0.05) is 43.7 Å². The second-order valence-corrected chi connectivity index (χ2v) is 10.3. The van der Waals surface area contributed by atoms with Gasteiger partial charge in [-0.2, -0.15) is 0 Å². The van der Waals surface area contributed by atoms with Gasteiger partial charge in [0.2, 0.25) is 11.8 Å². The molecule has 206 valence electrons. The van der Waals surface area contributed by atoms with Gasteiger partial charge in [-0.05, 0) is 58.6 Å². The average Bonchev–Trinajstić information content (AvgIpc) is 2.76. The SMILES string of the molecule is C=CCN(C(=O)C(NC(=O)OC(C)(C)C)C(C)C)C(C(=O)NCCC(=O)OCC)c1ccc(C)cc1C. The number of amides is 3. The van der Waals surface area contributed by atoms with Crippen LogP contribution in [-0.2, 0) is 23.9 Å². The second-order valence-electron chi connectivity index (χ2n) is 10.3. The van der Waals surface area contributed by atoms with Crippen LogP contribution in [0.25, 0.3) is 0 Å². The highest BCUT2D eigenvalue weighted by Crippen LogP contribution is 2.27. The molecule has 2 atom stereocenters. The first-order valence-corrected chi connectivity index (χ1v) is 12.6. The van der Waals surface area contributed by atoms with Gasteiger partial charge >= 0.3 is 12.1 Å². The Kier molecular flexibility index (Phi) is 12.3. The molecule has 0 saturated heterocycles. The second kappa shape index (κ2) is 14.4. The van der Waals surface area contributed by atoms with Crippen LogP contribution in [-0.4, -0.2) is 60.1 Å². The number of benzene rings is 1. The third kappa shape index (κ3) is 10.3. The third-order valence-electron chi connectivity index (χ3n) is 5.43. The summed E-state index contributed by atoms with van der Waals surface area (Å²) in [5, 5.41) is 5.44. The summed E-state index contributed by atoms with van der Waals surface area (Å²) in [6, 6.07) is 3.65. The highest BCUT2D eigenvalue weighted by molar-refractivity contribution is 5.92. The minimum absolute atomic E-state index is 0.00338. The van der Waals surface area contributed by atoms with Crippen LogP contribution >= 0.6 is 0 Å². The van der Waals surface area contributed by atoms with E-state index in [-0.39, 0.29) is 32.0 Å². The van der Waals surface area contributed by atoms with Gasteiger partial charge in [0.15, 0.2) is 0 Å². The quantitative estimate of drug-likeness (QED) is 0.320. The molecule has 0 spiro atoms. The van der Waals surface area contributed by atoms with Crippen molar-refractivity contribution < 1.29 is 28.7 Å². The number of esters is 1. The number of ether oxygens (including phenoxy) is 2. The van der Waals surface area contributed by atoms with E-state index in [1.807, 2.05) is 32.0 Å². The van der Waals surface area contributed by atoms with Crippen molar-refractivity contribution in [3.05, 3.63) is 47.5 Å². The third-order valence-corrected chi connectivity index (χ3v) is 5.43. The van der Waals surface area contributed by atoms with Gasteiger partial charge in [-0.25, -0.2) is 4.79 Å². The van der Waals surface area contributed by atoms with Crippen LogP contribution in [0.15, 0.2) is 30.9 Å². The Morgan fingerprint density at radius 3 is 2.30 bits per heavy atom. The van der Waals surface area contributed by atoms with Crippen LogP contribution in [0.1, 0.15) is 70.7 Å². The molecule has 0 saturated carbocycles. The number of carbonyl (C=O) groups excluding carboxylic acids is 4. The summed E-state index contributed by atoms with van der Waals surface area (Å²) < 4.78 is 10.3. The summed E-state index contributed by atoms with van der Waals surface area (Å²) in [6.45, 7) is 18.5. The maximum atomic E-state index is 13.9. The Bertz CT molecular complexity index is 967. The molecular weight excluding hydrogens is 474 g/mol. The molecule has 9 nitrogen and oxygen atoms in total. The smallest absolute Gasteiger partial charge is 0.408 e. The van der Waals surface area contributed by atoms with Gasteiger partial charge < -0.3 is 25.0 Å². The maximum Gasteiger partial charge on any atom is 0.408 e. The zero-order valence-corrected chi connectivity index (χ0v) is 23.5. The zero-order valence-electron chi connectivity index (χ0n) is 23.5. The lowest BCUT2D eigenvalue weighted by atomic mass is 9.95.